The maximum Gasteiger partial charge on any atom is 0.416 e. The van der Waals surface area contributed by atoms with E-state index in [0.29, 0.717) is 27.0 Å². The van der Waals surface area contributed by atoms with Crippen molar-refractivity contribution in [2.45, 2.75) is 0 Å². The van der Waals surface area contributed by atoms with Gasteiger partial charge in [0, 0.05) is 16.0 Å². The van der Waals surface area contributed by atoms with Crippen LogP contribution in [0.25, 0.3) is 33.1 Å². The molecule has 0 saturated heterocycles. The van der Waals surface area contributed by atoms with Gasteiger partial charge in [-0.05, 0) is 23.8 Å². The van der Waals surface area contributed by atoms with Gasteiger partial charge >= 0.3 is 6.09 Å². The number of nitrogens with one attached hydrogen (secondary N) is 1. The smallest absolute Gasteiger partial charge is 0.416 e. The fourth-order valence-corrected chi connectivity index (χ4v) is 3.40. The monoisotopic (exact) mass is 363 g/mol. The summed E-state index contributed by atoms with van der Waals surface area (Å²) in [5, 5.41) is 20.2. The quantitative estimate of drug-likeness (QED) is 0.529. The molecule has 0 bridgehead atoms. The molecule has 126 valence electrons. The van der Waals surface area contributed by atoms with Gasteiger partial charge in [-0.2, -0.15) is 5.26 Å². The van der Waals surface area contributed by atoms with Crippen LogP contribution >= 0.6 is 11.6 Å². The number of nitrogens with zero attached hydrogens (tertiary/aromatic N) is 2. The van der Waals surface area contributed by atoms with E-state index in [1.165, 1.54) is 0 Å². The molecule has 0 aliphatic carbocycles. The van der Waals surface area contributed by atoms with Gasteiger partial charge in [0.1, 0.15) is 11.6 Å². The van der Waals surface area contributed by atoms with Crippen molar-refractivity contribution < 1.29 is 9.90 Å². The largest absolute Gasteiger partial charge is 0.464 e. The number of H-pyrrole nitrogens is 1. The fraction of sp³-hybridized carbons (Fsp3) is 0. The van der Waals surface area contributed by atoms with Crippen LogP contribution in [0, 0.1) is 11.3 Å². The predicted octanol–water partition coefficient (Wildman–Crippen LogP) is 4.20. The summed E-state index contributed by atoms with van der Waals surface area (Å²) >= 11 is 6.06. The van der Waals surface area contributed by atoms with Crippen molar-refractivity contribution in [2.75, 3.05) is 0 Å². The summed E-state index contributed by atoms with van der Waals surface area (Å²) in [7, 11) is 0. The Labute approximate surface area is 151 Å². The number of benzene rings is 2. The van der Waals surface area contributed by atoms with Crippen molar-refractivity contribution in [1.82, 2.24) is 9.55 Å². The number of halogens is 1. The van der Waals surface area contributed by atoms with Gasteiger partial charge in [0.05, 0.1) is 16.6 Å². The number of rotatable bonds is 1. The highest BCUT2D eigenvalue weighted by Crippen LogP contribution is 2.36. The first-order valence-corrected chi connectivity index (χ1v) is 7.99. The van der Waals surface area contributed by atoms with Crippen molar-refractivity contribution in [2.24, 2.45) is 0 Å². The maximum atomic E-state index is 12.5. The summed E-state index contributed by atoms with van der Waals surface area (Å²) < 4.78 is 1.07. The molecule has 0 saturated carbocycles. The predicted molar refractivity (Wildman–Crippen MR) is 98.6 cm³/mol. The van der Waals surface area contributed by atoms with E-state index in [-0.39, 0.29) is 16.6 Å². The summed E-state index contributed by atoms with van der Waals surface area (Å²) in [6.45, 7) is 0. The molecular weight excluding hydrogens is 354 g/mol. The average Bonchev–Trinajstić information content (AvgIpc) is 2.94. The lowest BCUT2D eigenvalue weighted by molar-refractivity contribution is 0.198. The van der Waals surface area contributed by atoms with Gasteiger partial charge < -0.3 is 10.1 Å². The number of carbonyl (C=O) groups is 1. The molecule has 0 spiro atoms. The zero-order valence-corrected chi connectivity index (χ0v) is 13.9. The molecule has 2 N–H and O–H groups in total. The molecule has 0 aliphatic rings. The highest BCUT2D eigenvalue weighted by molar-refractivity contribution is 6.32. The van der Waals surface area contributed by atoms with Crippen LogP contribution in [-0.4, -0.2) is 20.8 Å². The third-order valence-electron chi connectivity index (χ3n) is 4.25. The Morgan fingerprint density at radius 2 is 1.92 bits per heavy atom. The summed E-state index contributed by atoms with van der Waals surface area (Å²) in [5.41, 5.74) is 1.09. The minimum absolute atomic E-state index is 0.139. The summed E-state index contributed by atoms with van der Waals surface area (Å²) in [6, 6.07) is 15.4. The van der Waals surface area contributed by atoms with Gasteiger partial charge in [0.2, 0.25) is 0 Å². The number of pyridine rings is 1. The Morgan fingerprint density at radius 1 is 1.19 bits per heavy atom. The SMILES string of the molecule is N#Cc1c(-c2ccccc2)c2c([nH]c1=O)c1cc(Cl)ccc1n2C(=O)O. The van der Waals surface area contributed by atoms with E-state index in [2.05, 4.69) is 4.98 Å². The molecule has 0 amide bonds. The van der Waals surface area contributed by atoms with Crippen LogP contribution < -0.4 is 5.56 Å². The molecule has 0 atom stereocenters. The van der Waals surface area contributed by atoms with E-state index in [9.17, 15) is 20.0 Å². The summed E-state index contributed by atoms with van der Waals surface area (Å²) in [6.07, 6.45) is -1.22. The molecule has 4 aromatic rings. The topological polar surface area (TPSA) is 98.9 Å². The van der Waals surface area contributed by atoms with Gasteiger partial charge in [-0.15, -0.1) is 0 Å². The standard InChI is InChI=1S/C19H10ClN3O3/c20-11-6-7-14-12(8-11)16-17(23(14)19(25)26)15(10-4-2-1-3-5-10)13(9-21)18(24)22-16/h1-8H,(H,22,24)(H,25,26). The first kappa shape index (κ1) is 15.9. The number of hydrogen-bond donors (Lipinski definition) is 2. The third kappa shape index (κ3) is 2.19. The first-order chi connectivity index (χ1) is 12.5. The molecule has 0 radical (unpaired) electrons. The lowest BCUT2D eigenvalue weighted by atomic mass is 10.00. The van der Waals surface area contributed by atoms with Gasteiger partial charge in [-0.3, -0.25) is 4.79 Å². The van der Waals surface area contributed by atoms with Crippen LogP contribution in [0.2, 0.25) is 5.02 Å². The van der Waals surface area contributed by atoms with E-state index in [1.54, 1.807) is 48.5 Å². The number of fused-ring (bicyclic) bond motifs is 3. The Bertz CT molecular complexity index is 1300. The van der Waals surface area contributed by atoms with Gasteiger partial charge in [0.15, 0.2) is 0 Å². The lowest BCUT2D eigenvalue weighted by Gasteiger charge is -2.08. The molecule has 0 fully saturated rings. The maximum absolute atomic E-state index is 12.5. The summed E-state index contributed by atoms with van der Waals surface area (Å²) in [4.78, 5) is 27.1. The Balaban J connectivity index is 2.36. The molecule has 26 heavy (non-hydrogen) atoms. The molecule has 0 unspecified atom stereocenters. The number of carboxylic acid groups (broad SMARTS) is 1. The van der Waals surface area contributed by atoms with Crippen LogP contribution in [0.1, 0.15) is 5.56 Å². The van der Waals surface area contributed by atoms with Crippen LogP contribution in [0.4, 0.5) is 4.79 Å². The van der Waals surface area contributed by atoms with E-state index < -0.39 is 11.7 Å². The number of aromatic amines is 1. The Kier molecular flexibility index (Phi) is 3.53. The van der Waals surface area contributed by atoms with Crippen molar-refractivity contribution >= 4 is 39.6 Å². The van der Waals surface area contributed by atoms with Crippen molar-refractivity contribution in [3.63, 3.8) is 0 Å². The van der Waals surface area contributed by atoms with Crippen molar-refractivity contribution in [1.29, 1.82) is 5.26 Å². The minimum Gasteiger partial charge on any atom is -0.464 e. The molecule has 2 aromatic carbocycles. The van der Waals surface area contributed by atoms with E-state index in [4.69, 9.17) is 11.6 Å². The molecule has 7 heteroatoms. The highest BCUT2D eigenvalue weighted by Gasteiger charge is 2.24. The second-order valence-corrected chi connectivity index (χ2v) is 6.12. The number of aromatic nitrogens is 2. The van der Waals surface area contributed by atoms with E-state index in [1.807, 2.05) is 6.07 Å². The van der Waals surface area contributed by atoms with E-state index in [0.717, 1.165) is 4.57 Å². The lowest BCUT2D eigenvalue weighted by Crippen LogP contribution is -2.14. The molecular formula is C19H10ClN3O3. The third-order valence-corrected chi connectivity index (χ3v) is 4.48. The minimum atomic E-state index is -1.22. The highest BCUT2D eigenvalue weighted by atomic mass is 35.5. The van der Waals surface area contributed by atoms with E-state index >= 15 is 0 Å². The zero-order valence-electron chi connectivity index (χ0n) is 13.2. The zero-order chi connectivity index (χ0) is 18.4. The normalized spacial score (nSPS) is 10.9. The van der Waals surface area contributed by atoms with Crippen molar-refractivity contribution in [3.05, 3.63) is 69.5 Å². The molecule has 2 heterocycles. The fourth-order valence-electron chi connectivity index (χ4n) is 3.23. The Morgan fingerprint density at radius 3 is 2.58 bits per heavy atom. The van der Waals surface area contributed by atoms with Crippen molar-refractivity contribution in [3.8, 4) is 17.2 Å². The molecule has 2 aromatic heterocycles. The van der Waals surface area contributed by atoms with Gasteiger partial charge in [-0.25, -0.2) is 9.36 Å². The molecule has 6 nitrogen and oxygen atoms in total. The second-order valence-electron chi connectivity index (χ2n) is 5.69. The molecule has 0 aliphatic heterocycles. The van der Waals surface area contributed by atoms with Crippen LogP contribution in [0.5, 0.6) is 0 Å². The van der Waals surface area contributed by atoms with Gasteiger partial charge in [0.25, 0.3) is 5.56 Å². The van der Waals surface area contributed by atoms with Gasteiger partial charge in [-0.1, -0.05) is 41.9 Å². The number of hydrogen-bond acceptors (Lipinski definition) is 3. The van der Waals surface area contributed by atoms with Crippen LogP contribution in [0.3, 0.4) is 0 Å². The molecule has 4 rings (SSSR count). The second kappa shape index (κ2) is 5.76. The number of nitriles is 1. The van der Waals surface area contributed by atoms with Crippen LogP contribution in [0.15, 0.2) is 53.3 Å². The first-order valence-electron chi connectivity index (χ1n) is 7.61. The summed E-state index contributed by atoms with van der Waals surface area (Å²) in [5.74, 6) is 0. The Hall–Kier alpha value is -3.56. The average molecular weight is 364 g/mol. The van der Waals surface area contributed by atoms with Crippen LogP contribution in [-0.2, 0) is 0 Å².